The van der Waals surface area contributed by atoms with Gasteiger partial charge in [0.05, 0.1) is 0 Å². The maximum absolute atomic E-state index is 10.2. The Labute approximate surface area is 55.9 Å². The van der Waals surface area contributed by atoms with E-state index in [1.165, 1.54) is 5.38 Å². The van der Waals surface area contributed by atoms with E-state index in [0.29, 0.717) is 0 Å². The summed E-state index contributed by atoms with van der Waals surface area (Å²) in [6.45, 7) is 0. The van der Waals surface area contributed by atoms with Gasteiger partial charge in [0, 0.05) is 5.38 Å². The van der Waals surface area contributed by atoms with Crippen molar-refractivity contribution in [1.29, 1.82) is 0 Å². The Bertz CT molecular complexity index is 274. The zero-order valence-corrected chi connectivity index (χ0v) is 5.74. The van der Waals surface area contributed by atoms with Gasteiger partial charge in [0.2, 0.25) is 0 Å². The van der Waals surface area contributed by atoms with Crippen LogP contribution in [0.1, 0.15) is 0 Å². The third kappa shape index (κ3) is 1.47. The molecule has 0 atom stereocenters. The standard InChI is InChI=1S/C3H2NO3S2/c5-9(6,7)3-1-8-2-4-3/h1H,(H,5,6,7). The molecular weight excluding hydrogens is 162 g/mol. The van der Waals surface area contributed by atoms with Crippen LogP contribution in [0.5, 0.6) is 0 Å². The molecule has 1 radical (unpaired) electrons. The number of thiazole rings is 1. The summed E-state index contributed by atoms with van der Waals surface area (Å²) in [4.78, 5) is 3.24. The molecule has 9 heavy (non-hydrogen) atoms. The summed E-state index contributed by atoms with van der Waals surface area (Å²) >= 11 is 0.991. The summed E-state index contributed by atoms with van der Waals surface area (Å²) in [5, 5.41) is 0.863. The monoisotopic (exact) mass is 164 g/mol. The summed E-state index contributed by atoms with van der Waals surface area (Å²) in [5.74, 6) is 0. The molecule has 1 aromatic heterocycles. The molecule has 49 valence electrons. The molecule has 0 amide bonds. The molecule has 0 spiro atoms. The van der Waals surface area contributed by atoms with Gasteiger partial charge in [0.1, 0.15) is 0 Å². The van der Waals surface area contributed by atoms with Crippen LogP contribution in [0.3, 0.4) is 0 Å². The van der Waals surface area contributed by atoms with E-state index in [4.69, 9.17) is 4.55 Å². The predicted octanol–water partition coefficient (Wildman–Crippen LogP) is 0.190. The highest BCUT2D eigenvalue weighted by Crippen LogP contribution is 2.05. The fraction of sp³-hybridized carbons (Fsp3) is 0. The first-order valence-electron chi connectivity index (χ1n) is 1.90. The molecule has 0 unspecified atom stereocenters. The van der Waals surface area contributed by atoms with E-state index in [1.54, 1.807) is 0 Å². The number of hydrogen-bond acceptors (Lipinski definition) is 4. The minimum absolute atomic E-state index is 0.340. The molecule has 0 aliphatic carbocycles. The fourth-order valence-electron chi connectivity index (χ4n) is 0.293. The van der Waals surface area contributed by atoms with Gasteiger partial charge in [-0.25, -0.2) is 4.98 Å². The molecule has 4 nitrogen and oxygen atoms in total. The second-order valence-electron chi connectivity index (χ2n) is 1.25. The smallest absolute Gasteiger partial charge is 0.281 e. The highest BCUT2D eigenvalue weighted by Gasteiger charge is 2.10. The first-order valence-corrected chi connectivity index (χ1v) is 4.22. The second kappa shape index (κ2) is 2.05. The van der Waals surface area contributed by atoms with Gasteiger partial charge < -0.3 is 0 Å². The van der Waals surface area contributed by atoms with Crippen LogP contribution in [0.2, 0.25) is 0 Å². The number of aromatic nitrogens is 1. The van der Waals surface area contributed by atoms with Crippen LogP contribution in [0.15, 0.2) is 10.4 Å². The van der Waals surface area contributed by atoms with E-state index < -0.39 is 10.1 Å². The van der Waals surface area contributed by atoms with Crippen molar-refractivity contribution in [3.05, 3.63) is 10.9 Å². The lowest BCUT2D eigenvalue weighted by molar-refractivity contribution is 0.480. The van der Waals surface area contributed by atoms with Crippen LogP contribution in [-0.2, 0) is 10.1 Å². The summed E-state index contributed by atoms with van der Waals surface area (Å²) in [6, 6.07) is 0. The molecule has 0 aromatic carbocycles. The lowest BCUT2D eigenvalue weighted by Crippen LogP contribution is -1.96. The Morgan fingerprint density at radius 2 is 2.44 bits per heavy atom. The molecular formula is C3H2NO3S2. The van der Waals surface area contributed by atoms with Crippen molar-refractivity contribution in [3.63, 3.8) is 0 Å². The summed E-state index contributed by atoms with van der Waals surface area (Å²) in [7, 11) is -4.09. The van der Waals surface area contributed by atoms with Gasteiger partial charge in [-0.1, -0.05) is 0 Å². The van der Waals surface area contributed by atoms with Crippen molar-refractivity contribution < 1.29 is 13.0 Å². The van der Waals surface area contributed by atoms with Crippen molar-refractivity contribution >= 4 is 21.5 Å². The van der Waals surface area contributed by atoms with Crippen molar-refractivity contribution in [2.75, 3.05) is 0 Å². The van der Waals surface area contributed by atoms with Gasteiger partial charge >= 0.3 is 10.1 Å². The summed E-state index contributed by atoms with van der Waals surface area (Å²) in [5.41, 5.74) is 2.29. The Morgan fingerprint density at radius 3 is 2.67 bits per heavy atom. The second-order valence-corrected chi connectivity index (χ2v) is 3.27. The van der Waals surface area contributed by atoms with Gasteiger partial charge in [-0.2, -0.15) is 8.42 Å². The molecule has 0 bridgehead atoms. The number of rotatable bonds is 1. The van der Waals surface area contributed by atoms with Crippen molar-refractivity contribution in [3.8, 4) is 0 Å². The number of nitrogens with zero attached hydrogens (tertiary/aromatic N) is 1. The molecule has 6 heteroatoms. The van der Waals surface area contributed by atoms with Gasteiger partial charge in [-0.05, 0) is 0 Å². The minimum atomic E-state index is -4.09. The molecule has 0 aliphatic heterocycles. The largest absolute Gasteiger partial charge is 0.313 e. The number of hydrogen-bond donors (Lipinski definition) is 1. The third-order valence-corrected chi connectivity index (χ3v) is 2.06. The SMILES string of the molecule is O=S(=O)(O)c1cs[c]n1. The van der Waals surface area contributed by atoms with E-state index >= 15 is 0 Å². The van der Waals surface area contributed by atoms with Crippen LogP contribution in [0.4, 0.5) is 0 Å². The van der Waals surface area contributed by atoms with Gasteiger partial charge in [0.25, 0.3) is 0 Å². The van der Waals surface area contributed by atoms with Gasteiger partial charge in [-0.15, -0.1) is 11.3 Å². The first kappa shape index (κ1) is 6.66. The lowest BCUT2D eigenvalue weighted by atomic mass is 11.0. The zero-order chi connectivity index (χ0) is 6.91. The topological polar surface area (TPSA) is 67.3 Å². The Morgan fingerprint density at radius 1 is 1.78 bits per heavy atom. The Balaban J connectivity index is 3.20. The minimum Gasteiger partial charge on any atom is -0.281 e. The fourth-order valence-corrected chi connectivity index (χ4v) is 1.50. The van der Waals surface area contributed by atoms with E-state index in [0.717, 1.165) is 11.3 Å². The van der Waals surface area contributed by atoms with E-state index in [2.05, 4.69) is 10.5 Å². The van der Waals surface area contributed by atoms with E-state index in [1.807, 2.05) is 0 Å². The highest BCUT2D eigenvalue weighted by molar-refractivity contribution is 7.85. The third-order valence-electron chi connectivity index (χ3n) is 0.633. The molecule has 0 aliphatic rings. The van der Waals surface area contributed by atoms with Crippen molar-refractivity contribution in [2.24, 2.45) is 0 Å². The van der Waals surface area contributed by atoms with Crippen molar-refractivity contribution in [1.82, 2.24) is 4.98 Å². The zero-order valence-electron chi connectivity index (χ0n) is 4.10. The van der Waals surface area contributed by atoms with E-state index in [-0.39, 0.29) is 5.03 Å². The maximum Gasteiger partial charge on any atom is 0.313 e. The van der Waals surface area contributed by atoms with Gasteiger partial charge in [0.15, 0.2) is 10.5 Å². The quantitative estimate of drug-likeness (QED) is 0.601. The molecule has 1 aromatic rings. The molecule has 0 saturated carbocycles. The average molecular weight is 164 g/mol. The van der Waals surface area contributed by atoms with Crippen LogP contribution in [-0.4, -0.2) is 18.0 Å². The molecule has 0 saturated heterocycles. The average Bonchev–Trinajstić information content (AvgIpc) is 2.08. The Hall–Kier alpha value is -0.460. The molecule has 1 rings (SSSR count). The van der Waals surface area contributed by atoms with E-state index in [9.17, 15) is 8.42 Å². The normalized spacial score (nSPS) is 11.7. The van der Waals surface area contributed by atoms with Crippen LogP contribution in [0.25, 0.3) is 0 Å². The Kier molecular flexibility index (Phi) is 1.52. The van der Waals surface area contributed by atoms with Crippen molar-refractivity contribution in [2.45, 2.75) is 5.03 Å². The van der Waals surface area contributed by atoms with Gasteiger partial charge in [-0.3, -0.25) is 4.55 Å². The lowest BCUT2D eigenvalue weighted by Gasteiger charge is -1.83. The molecule has 1 heterocycles. The predicted molar refractivity (Wildman–Crippen MR) is 30.8 cm³/mol. The highest BCUT2D eigenvalue weighted by atomic mass is 32.2. The van der Waals surface area contributed by atoms with Crippen LogP contribution in [0, 0.1) is 5.51 Å². The van der Waals surface area contributed by atoms with Crippen LogP contribution >= 0.6 is 11.3 Å². The summed E-state index contributed by atoms with van der Waals surface area (Å²) < 4.78 is 28.6. The first-order chi connectivity index (χ1) is 4.11. The summed E-state index contributed by atoms with van der Waals surface area (Å²) in [6.07, 6.45) is 0. The van der Waals surface area contributed by atoms with Crippen LogP contribution < -0.4 is 0 Å². The maximum atomic E-state index is 10.2. The molecule has 0 fully saturated rings. The molecule has 1 N–H and O–H groups in total.